The number of hydrogen-bond acceptors (Lipinski definition) is 3. The Morgan fingerprint density at radius 2 is 1.82 bits per heavy atom. The van der Waals surface area contributed by atoms with Gasteiger partial charge in [0.2, 0.25) is 0 Å². The minimum atomic E-state index is -1.01. The molecule has 4 nitrogen and oxygen atoms in total. The molecule has 2 N–H and O–H groups in total. The number of carbonyl (C=O) groups is 1. The molecule has 0 heterocycles. The Bertz CT molecular complexity index is 246. The van der Waals surface area contributed by atoms with Crippen LogP contribution in [0.4, 0.5) is 0 Å². The SMILES string of the molecule is CC(C)NC(C)(COCCC(C)(C)C)C(=O)O. The van der Waals surface area contributed by atoms with Crippen molar-refractivity contribution in [2.45, 2.75) is 59.5 Å². The van der Waals surface area contributed by atoms with Gasteiger partial charge in [0.15, 0.2) is 0 Å². The van der Waals surface area contributed by atoms with E-state index in [2.05, 4.69) is 26.1 Å². The van der Waals surface area contributed by atoms with Gasteiger partial charge in [0, 0.05) is 12.6 Å². The van der Waals surface area contributed by atoms with Gasteiger partial charge < -0.3 is 9.84 Å². The molecule has 4 heteroatoms. The zero-order valence-electron chi connectivity index (χ0n) is 12.0. The molecular weight excluding hydrogens is 218 g/mol. The Kier molecular flexibility index (Phi) is 6.13. The van der Waals surface area contributed by atoms with Crippen LogP contribution in [0.1, 0.15) is 48.0 Å². The van der Waals surface area contributed by atoms with Crippen molar-refractivity contribution < 1.29 is 14.6 Å². The molecule has 0 aliphatic carbocycles. The predicted octanol–water partition coefficient (Wildman–Crippen LogP) is 2.28. The smallest absolute Gasteiger partial charge is 0.326 e. The van der Waals surface area contributed by atoms with E-state index in [1.54, 1.807) is 6.92 Å². The van der Waals surface area contributed by atoms with E-state index in [-0.39, 0.29) is 18.1 Å². The van der Waals surface area contributed by atoms with Crippen molar-refractivity contribution in [3.8, 4) is 0 Å². The summed E-state index contributed by atoms with van der Waals surface area (Å²) in [6.07, 6.45) is 0.921. The number of carboxylic acid groups (broad SMARTS) is 1. The van der Waals surface area contributed by atoms with E-state index < -0.39 is 11.5 Å². The van der Waals surface area contributed by atoms with E-state index in [9.17, 15) is 9.90 Å². The molecule has 17 heavy (non-hydrogen) atoms. The molecule has 0 bridgehead atoms. The molecule has 0 amide bonds. The molecule has 1 atom stereocenters. The van der Waals surface area contributed by atoms with Gasteiger partial charge in [-0.05, 0) is 32.6 Å². The first-order valence-electron chi connectivity index (χ1n) is 6.16. The molecule has 0 saturated heterocycles. The number of rotatable bonds is 7. The Morgan fingerprint density at radius 3 is 2.18 bits per heavy atom. The van der Waals surface area contributed by atoms with Crippen LogP contribution in [0, 0.1) is 5.41 Å². The molecule has 0 saturated carbocycles. The molecule has 0 aromatic heterocycles. The molecule has 1 unspecified atom stereocenters. The lowest BCUT2D eigenvalue weighted by Crippen LogP contribution is -2.55. The largest absolute Gasteiger partial charge is 0.480 e. The fourth-order valence-corrected chi connectivity index (χ4v) is 1.46. The summed E-state index contributed by atoms with van der Waals surface area (Å²) in [6, 6.07) is 0.113. The van der Waals surface area contributed by atoms with E-state index in [0.717, 1.165) is 6.42 Å². The minimum Gasteiger partial charge on any atom is -0.480 e. The third-order valence-electron chi connectivity index (χ3n) is 2.47. The van der Waals surface area contributed by atoms with Crippen LogP contribution in [0.15, 0.2) is 0 Å². The van der Waals surface area contributed by atoms with Crippen LogP contribution in [0.5, 0.6) is 0 Å². The summed E-state index contributed by atoms with van der Waals surface area (Å²) in [7, 11) is 0. The van der Waals surface area contributed by atoms with Crippen molar-refractivity contribution in [1.29, 1.82) is 0 Å². The third kappa shape index (κ3) is 7.34. The maximum Gasteiger partial charge on any atom is 0.326 e. The van der Waals surface area contributed by atoms with Crippen LogP contribution in [-0.4, -0.2) is 35.9 Å². The highest BCUT2D eigenvalue weighted by atomic mass is 16.5. The summed E-state index contributed by atoms with van der Waals surface area (Å²) in [5, 5.41) is 12.2. The maximum atomic E-state index is 11.2. The third-order valence-corrected chi connectivity index (χ3v) is 2.47. The van der Waals surface area contributed by atoms with Crippen LogP contribution in [0.3, 0.4) is 0 Å². The lowest BCUT2D eigenvalue weighted by Gasteiger charge is -2.29. The van der Waals surface area contributed by atoms with Gasteiger partial charge in [-0.15, -0.1) is 0 Å². The van der Waals surface area contributed by atoms with E-state index in [1.807, 2.05) is 13.8 Å². The van der Waals surface area contributed by atoms with Crippen molar-refractivity contribution in [1.82, 2.24) is 5.32 Å². The molecule has 0 spiro atoms. The summed E-state index contributed by atoms with van der Waals surface area (Å²) in [6.45, 7) is 12.7. The second-order valence-electron chi connectivity index (χ2n) is 6.30. The average Bonchev–Trinajstić information content (AvgIpc) is 2.09. The highest BCUT2D eigenvalue weighted by Crippen LogP contribution is 2.18. The summed E-state index contributed by atoms with van der Waals surface area (Å²) in [5.74, 6) is -0.873. The highest BCUT2D eigenvalue weighted by Gasteiger charge is 2.33. The Balaban J connectivity index is 4.15. The summed E-state index contributed by atoms with van der Waals surface area (Å²) < 4.78 is 5.49. The second-order valence-corrected chi connectivity index (χ2v) is 6.30. The first-order chi connectivity index (χ1) is 7.57. The molecule has 0 radical (unpaired) electrons. The number of hydrogen-bond donors (Lipinski definition) is 2. The van der Waals surface area contributed by atoms with Crippen LogP contribution < -0.4 is 5.32 Å². The molecule has 0 aliphatic heterocycles. The zero-order valence-corrected chi connectivity index (χ0v) is 12.0. The fraction of sp³-hybridized carbons (Fsp3) is 0.923. The van der Waals surface area contributed by atoms with Crippen LogP contribution in [0.2, 0.25) is 0 Å². The van der Waals surface area contributed by atoms with Gasteiger partial charge in [0.1, 0.15) is 5.54 Å². The van der Waals surface area contributed by atoms with Gasteiger partial charge >= 0.3 is 5.97 Å². The Morgan fingerprint density at radius 1 is 1.29 bits per heavy atom. The van der Waals surface area contributed by atoms with Crippen LogP contribution >= 0.6 is 0 Å². The monoisotopic (exact) mass is 245 g/mol. The van der Waals surface area contributed by atoms with E-state index in [0.29, 0.717) is 6.61 Å². The van der Waals surface area contributed by atoms with Gasteiger partial charge in [0.05, 0.1) is 6.61 Å². The normalized spacial score (nSPS) is 15.9. The van der Waals surface area contributed by atoms with Crippen LogP contribution in [0.25, 0.3) is 0 Å². The first kappa shape index (κ1) is 16.4. The highest BCUT2D eigenvalue weighted by molar-refractivity contribution is 5.78. The lowest BCUT2D eigenvalue weighted by atomic mass is 9.93. The van der Waals surface area contributed by atoms with Crippen molar-refractivity contribution >= 4 is 5.97 Å². The van der Waals surface area contributed by atoms with Gasteiger partial charge in [-0.2, -0.15) is 0 Å². The second kappa shape index (κ2) is 6.36. The molecule has 0 aromatic carbocycles. The van der Waals surface area contributed by atoms with Gasteiger partial charge in [0.25, 0.3) is 0 Å². The zero-order chi connectivity index (χ0) is 13.7. The number of aliphatic carboxylic acids is 1. The number of nitrogens with one attached hydrogen (secondary N) is 1. The van der Waals surface area contributed by atoms with Crippen molar-refractivity contribution in [2.75, 3.05) is 13.2 Å². The topological polar surface area (TPSA) is 58.6 Å². The average molecular weight is 245 g/mol. The summed E-state index contributed by atoms with van der Waals surface area (Å²) in [4.78, 5) is 11.2. The van der Waals surface area contributed by atoms with Crippen molar-refractivity contribution in [2.24, 2.45) is 5.41 Å². The van der Waals surface area contributed by atoms with Crippen LogP contribution in [-0.2, 0) is 9.53 Å². The minimum absolute atomic E-state index is 0.113. The lowest BCUT2D eigenvalue weighted by molar-refractivity contribution is -0.147. The molecular formula is C13H27NO3. The Hall–Kier alpha value is -0.610. The summed E-state index contributed by atoms with van der Waals surface area (Å²) in [5.41, 5.74) is -0.794. The molecule has 102 valence electrons. The molecule has 0 fully saturated rings. The van der Waals surface area contributed by atoms with Gasteiger partial charge in [-0.1, -0.05) is 20.8 Å². The maximum absolute atomic E-state index is 11.2. The standard InChI is InChI=1S/C13H27NO3/c1-10(2)14-13(6,11(15)16)9-17-8-7-12(3,4)5/h10,14H,7-9H2,1-6H3,(H,15,16). The number of carboxylic acids is 1. The predicted molar refractivity (Wildman–Crippen MR) is 69.2 cm³/mol. The first-order valence-corrected chi connectivity index (χ1v) is 6.16. The van der Waals surface area contributed by atoms with Gasteiger partial charge in [-0.25, -0.2) is 0 Å². The quantitative estimate of drug-likeness (QED) is 0.676. The fourth-order valence-electron chi connectivity index (χ4n) is 1.46. The van der Waals surface area contributed by atoms with Crippen molar-refractivity contribution in [3.63, 3.8) is 0 Å². The molecule has 0 aromatic rings. The van der Waals surface area contributed by atoms with Gasteiger partial charge in [-0.3, -0.25) is 10.1 Å². The Labute approximate surface area is 105 Å². The van der Waals surface area contributed by atoms with E-state index in [4.69, 9.17) is 4.74 Å². The number of ether oxygens (including phenoxy) is 1. The van der Waals surface area contributed by atoms with Crippen molar-refractivity contribution in [3.05, 3.63) is 0 Å². The van der Waals surface area contributed by atoms with E-state index >= 15 is 0 Å². The molecule has 0 aliphatic rings. The van der Waals surface area contributed by atoms with E-state index in [1.165, 1.54) is 0 Å². The molecule has 0 rings (SSSR count). The summed E-state index contributed by atoms with van der Waals surface area (Å²) >= 11 is 0.